The van der Waals surface area contributed by atoms with Gasteiger partial charge >= 0.3 is 0 Å². The van der Waals surface area contributed by atoms with Crippen molar-refractivity contribution in [2.45, 2.75) is 13.3 Å². The largest absolute Gasteiger partial charge is 0.355 e. The molecule has 0 aliphatic heterocycles. The molecule has 3 aromatic rings. The van der Waals surface area contributed by atoms with Gasteiger partial charge in [0.25, 0.3) is 0 Å². The van der Waals surface area contributed by atoms with Crippen LogP contribution in [-0.4, -0.2) is 12.5 Å². The first-order valence-electron chi connectivity index (χ1n) is 7.39. The summed E-state index contributed by atoms with van der Waals surface area (Å²) >= 11 is 0. The summed E-state index contributed by atoms with van der Waals surface area (Å²) in [6.45, 7) is 2.11. The molecule has 0 aliphatic rings. The molecule has 0 fully saturated rings. The number of fused-ring (bicyclic) bond motifs is 2. The van der Waals surface area contributed by atoms with Gasteiger partial charge < -0.3 is 5.32 Å². The van der Waals surface area contributed by atoms with Gasteiger partial charge in [-0.25, -0.2) is 0 Å². The minimum atomic E-state index is -0.0163. The quantitative estimate of drug-likeness (QED) is 0.433. The maximum absolute atomic E-state index is 10.9. The average molecular weight is 287 g/mol. The van der Waals surface area contributed by atoms with E-state index >= 15 is 0 Å². The molecule has 0 radical (unpaired) electrons. The summed E-state index contributed by atoms with van der Waals surface area (Å²) in [5.41, 5.74) is 1.07. The van der Waals surface area contributed by atoms with E-state index in [9.17, 15) is 4.79 Å². The van der Waals surface area contributed by atoms with Crippen LogP contribution < -0.4 is 5.32 Å². The van der Waals surface area contributed by atoms with E-state index in [1.165, 1.54) is 28.5 Å². The minimum absolute atomic E-state index is 0.0163. The minimum Gasteiger partial charge on any atom is -0.355 e. The fraction of sp³-hybridized carbons (Fsp3) is 0.150. The highest BCUT2D eigenvalue weighted by atomic mass is 16.1. The highest BCUT2D eigenvalue weighted by Crippen LogP contribution is 2.27. The molecule has 2 heteroatoms. The Labute approximate surface area is 130 Å². The Balaban J connectivity index is 2.05. The number of carbonyl (C=O) groups is 1. The van der Waals surface area contributed by atoms with Crippen LogP contribution in [0.1, 0.15) is 18.9 Å². The van der Waals surface area contributed by atoms with Crippen LogP contribution in [0.25, 0.3) is 21.5 Å². The standard InChI is InChI=1S/C20H17NO/c1-15(22)21-13-7-6-12-20-18-10-4-2-8-16(18)14-17-9-3-5-11-19(17)20/h2-5,8-11,14H,7,13H2,1H3,(H,21,22). The average Bonchev–Trinajstić information content (AvgIpc) is 2.53. The van der Waals surface area contributed by atoms with Crippen LogP contribution in [0, 0.1) is 11.8 Å². The van der Waals surface area contributed by atoms with Crippen LogP contribution in [0.2, 0.25) is 0 Å². The summed E-state index contributed by atoms with van der Waals surface area (Å²) in [5, 5.41) is 7.52. The first-order valence-corrected chi connectivity index (χ1v) is 7.39. The fourth-order valence-electron chi connectivity index (χ4n) is 2.60. The molecule has 0 atom stereocenters. The molecule has 3 aromatic carbocycles. The Morgan fingerprint density at radius 3 is 2.18 bits per heavy atom. The first kappa shape index (κ1) is 14.2. The zero-order valence-electron chi connectivity index (χ0n) is 12.5. The van der Waals surface area contributed by atoms with E-state index in [1.807, 2.05) is 24.3 Å². The monoisotopic (exact) mass is 287 g/mol. The van der Waals surface area contributed by atoms with Crippen LogP contribution in [0.15, 0.2) is 54.6 Å². The smallest absolute Gasteiger partial charge is 0.216 e. The summed E-state index contributed by atoms with van der Waals surface area (Å²) < 4.78 is 0. The number of benzene rings is 3. The van der Waals surface area contributed by atoms with Gasteiger partial charge in [-0.2, -0.15) is 0 Å². The Hall–Kier alpha value is -2.79. The molecule has 1 N–H and O–H groups in total. The van der Waals surface area contributed by atoms with Crippen molar-refractivity contribution in [2.24, 2.45) is 0 Å². The van der Waals surface area contributed by atoms with Gasteiger partial charge in [0, 0.05) is 25.5 Å². The maximum Gasteiger partial charge on any atom is 0.216 e. The molecule has 0 heterocycles. The second-order valence-corrected chi connectivity index (χ2v) is 5.23. The lowest BCUT2D eigenvalue weighted by Crippen LogP contribution is -2.20. The molecule has 0 bridgehead atoms. The lowest BCUT2D eigenvalue weighted by molar-refractivity contribution is -0.118. The van der Waals surface area contributed by atoms with Crippen LogP contribution in [0.4, 0.5) is 0 Å². The molecule has 1 amide bonds. The van der Waals surface area contributed by atoms with Crippen molar-refractivity contribution in [3.8, 4) is 11.8 Å². The molecule has 2 nitrogen and oxygen atoms in total. The third-order valence-corrected chi connectivity index (χ3v) is 3.61. The van der Waals surface area contributed by atoms with Gasteiger partial charge in [0.2, 0.25) is 5.91 Å². The van der Waals surface area contributed by atoms with Crippen LogP contribution in [0.5, 0.6) is 0 Å². The maximum atomic E-state index is 10.9. The Morgan fingerprint density at radius 2 is 1.59 bits per heavy atom. The molecule has 0 aromatic heterocycles. The number of hydrogen-bond donors (Lipinski definition) is 1. The van der Waals surface area contributed by atoms with E-state index in [2.05, 4.69) is 47.5 Å². The second-order valence-electron chi connectivity index (χ2n) is 5.23. The van der Waals surface area contributed by atoms with Crippen molar-refractivity contribution in [1.82, 2.24) is 5.32 Å². The van der Waals surface area contributed by atoms with Crippen LogP contribution in [-0.2, 0) is 4.79 Å². The fourth-order valence-corrected chi connectivity index (χ4v) is 2.60. The molecule has 0 unspecified atom stereocenters. The molecule has 0 saturated carbocycles. The van der Waals surface area contributed by atoms with Gasteiger partial charge in [-0.05, 0) is 27.6 Å². The lowest BCUT2D eigenvalue weighted by atomic mass is 9.97. The van der Waals surface area contributed by atoms with E-state index in [-0.39, 0.29) is 5.91 Å². The number of carbonyl (C=O) groups excluding carboxylic acids is 1. The number of nitrogens with one attached hydrogen (secondary N) is 1. The Kier molecular flexibility index (Phi) is 4.07. The predicted molar refractivity (Wildman–Crippen MR) is 91.6 cm³/mol. The van der Waals surface area contributed by atoms with Crippen molar-refractivity contribution in [2.75, 3.05) is 6.54 Å². The number of amides is 1. The summed E-state index contributed by atoms with van der Waals surface area (Å²) in [7, 11) is 0. The molecule has 0 aliphatic carbocycles. The van der Waals surface area contributed by atoms with Gasteiger partial charge in [-0.15, -0.1) is 0 Å². The van der Waals surface area contributed by atoms with E-state index in [0.717, 1.165) is 5.56 Å². The first-order chi connectivity index (χ1) is 10.8. The highest BCUT2D eigenvalue weighted by molar-refractivity contribution is 6.04. The Bertz CT molecular complexity index is 846. The van der Waals surface area contributed by atoms with Crippen LogP contribution in [0.3, 0.4) is 0 Å². The third-order valence-electron chi connectivity index (χ3n) is 3.61. The second kappa shape index (κ2) is 6.32. The van der Waals surface area contributed by atoms with Crippen molar-refractivity contribution >= 4 is 27.5 Å². The van der Waals surface area contributed by atoms with Gasteiger partial charge in [-0.1, -0.05) is 60.4 Å². The topological polar surface area (TPSA) is 29.1 Å². The summed E-state index contributed by atoms with van der Waals surface area (Å²) in [6.07, 6.45) is 0.650. The van der Waals surface area contributed by atoms with Gasteiger partial charge in [-0.3, -0.25) is 4.79 Å². The van der Waals surface area contributed by atoms with Gasteiger partial charge in [0.1, 0.15) is 0 Å². The third kappa shape index (κ3) is 2.94. The number of hydrogen-bond acceptors (Lipinski definition) is 1. The molecule has 22 heavy (non-hydrogen) atoms. The molecular weight excluding hydrogens is 270 g/mol. The SMILES string of the molecule is CC(=O)NCCC#Cc1c2ccccc2cc2ccccc12. The highest BCUT2D eigenvalue weighted by Gasteiger charge is 2.04. The molecule has 0 saturated heterocycles. The summed E-state index contributed by atoms with van der Waals surface area (Å²) in [5.74, 6) is 6.46. The predicted octanol–water partition coefficient (Wildman–Crippen LogP) is 3.87. The molecule has 3 rings (SSSR count). The van der Waals surface area contributed by atoms with E-state index in [1.54, 1.807) is 0 Å². The Morgan fingerprint density at radius 1 is 1.00 bits per heavy atom. The van der Waals surface area contributed by atoms with E-state index in [4.69, 9.17) is 0 Å². The molecule has 0 spiro atoms. The zero-order chi connectivity index (χ0) is 15.4. The van der Waals surface area contributed by atoms with Crippen molar-refractivity contribution in [3.63, 3.8) is 0 Å². The molecular formula is C20H17NO. The summed E-state index contributed by atoms with van der Waals surface area (Å²) in [6, 6.07) is 18.8. The lowest BCUT2D eigenvalue weighted by Gasteiger charge is -2.06. The normalized spacial score (nSPS) is 10.2. The van der Waals surface area contributed by atoms with Gasteiger partial charge in [0.15, 0.2) is 0 Å². The van der Waals surface area contributed by atoms with Crippen LogP contribution >= 0.6 is 0 Å². The molecule has 108 valence electrons. The van der Waals surface area contributed by atoms with Crippen molar-refractivity contribution in [3.05, 3.63) is 60.2 Å². The van der Waals surface area contributed by atoms with E-state index < -0.39 is 0 Å². The number of rotatable bonds is 2. The zero-order valence-corrected chi connectivity index (χ0v) is 12.5. The van der Waals surface area contributed by atoms with Crippen molar-refractivity contribution < 1.29 is 4.79 Å². The van der Waals surface area contributed by atoms with Crippen molar-refractivity contribution in [1.29, 1.82) is 0 Å². The summed E-state index contributed by atoms with van der Waals surface area (Å²) in [4.78, 5) is 10.9. The van der Waals surface area contributed by atoms with Gasteiger partial charge in [0.05, 0.1) is 0 Å². The van der Waals surface area contributed by atoms with E-state index in [0.29, 0.717) is 13.0 Å².